The minimum atomic E-state index is -0.361. The second-order valence-electron chi connectivity index (χ2n) is 8.91. The number of carbonyl (C=O) groups is 1. The highest BCUT2D eigenvalue weighted by molar-refractivity contribution is 7.22. The number of likely N-dealkylation sites (tertiary alicyclic amines) is 1. The van der Waals surface area contributed by atoms with Crippen molar-refractivity contribution in [2.24, 2.45) is 0 Å². The molecule has 0 spiro atoms. The van der Waals surface area contributed by atoms with Crippen LogP contribution in [0.5, 0.6) is 0 Å². The lowest BCUT2D eigenvalue weighted by molar-refractivity contribution is 0.0518. The monoisotopic (exact) mass is 523 g/mol. The number of para-hydroxylation sites is 1. The number of ether oxygens (including phenoxy) is 1. The largest absolute Gasteiger partial charge is 0.461 e. The maximum absolute atomic E-state index is 12.7. The number of thiazole rings is 2. The standard InChI is InChI=1S/C25H29N7O2S2/c1-5-34-23(33)20-21(16-10-12-31(3)13-11-16)36-25(27-20)32(4)19-14-15(2)22(30-29-19)28-24-26-17-8-6-7-9-18(17)35-24/h6-9,14,16H,5,10-13H2,1-4H3,(H,26,28,30). The van der Waals surface area contributed by atoms with E-state index in [4.69, 9.17) is 9.72 Å². The molecule has 0 bridgehead atoms. The molecular weight excluding hydrogens is 494 g/mol. The number of aryl methyl sites for hydroxylation is 1. The fourth-order valence-corrected chi connectivity index (χ4v) is 6.30. The zero-order valence-corrected chi connectivity index (χ0v) is 22.4. The molecule has 188 valence electrons. The fourth-order valence-electron chi connectivity index (χ4n) is 4.24. The highest BCUT2D eigenvalue weighted by Crippen LogP contribution is 2.39. The zero-order chi connectivity index (χ0) is 25.2. The van der Waals surface area contributed by atoms with E-state index in [0.29, 0.717) is 35.0 Å². The van der Waals surface area contributed by atoms with E-state index in [1.807, 2.05) is 56.1 Å². The third-order valence-electron chi connectivity index (χ3n) is 6.32. The Labute approximate surface area is 218 Å². The SMILES string of the molecule is CCOC(=O)c1nc(N(C)c2cc(C)c(Nc3nc4ccccc4s3)nn2)sc1C1CCN(C)CC1. The molecule has 1 fully saturated rings. The number of piperidine rings is 1. The molecule has 0 aliphatic carbocycles. The average Bonchev–Trinajstić information content (AvgIpc) is 3.50. The van der Waals surface area contributed by atoms with E-state index in [9.17, 15) is 4.79 Å². The van der Waals surface area contributed by atoms with Gasteiger partial charge in [0, 0.05) is 11.9 Å². The number of esters is 1. The number of anilines is 4. The minimum Gasteiger partial charge on any atom is -0.461 e. The van der Waals surface area contributed by atoms with Gasteiger partial charge in [0.15, 0.2) is 27.6 Å². The van der Waals surface area contributed by atoms with Crippen molar-refractivity contribution in [2.75, 3.05) is 44.0 Å². The summed E-state index contributed by atoms with van der Waals surface area (Å²) in [5.74, 6) is 1.25. The van der Waals surface area contributed by atoms with Crippen molar-refractivity contribution in [3.8, 4) is 0 Å². The van der Waals surface area contributed by atoms with E-state index in [1.54, 1.807) is 22.7 Å². The summed E-state index contributed by atoms with van der Waals surface area (Å²) in [7, 11) is 4.03. The molecule has 5 rings (SSSR count). The second-order valence-corrected chi connectivity index (χ2v) is 11.0. The van der Waals surface area contributed by atoms with Gasteiger partial charge in [0.2, 0.25) is 0 Å². The highest BCUT2D eigenvalue weighted by Gasteiger charge is 2.29. The smallest absolute Gasteiger partial charge is 0.358 e. The molecule has 11 heteroatoms. The summed E-state index contributed by atoms with van der Waals surface area (Å²) in [4.78, 5) is 27.3. The normalized spacial score (nSPS) is 14.8. The Bertz CT molecular complexity index is 1350. The van der Waals surface area contributed by atoms with Crippen molar-refractivity contribution in [3.63, 3.8) is 0 Å². The number of nitrogens with zero attached hydrogens (tertiary/aromatic N) is 6. The lowest BCUT2D eigenvalue weighted by Crippen LogP contribution is -2.29. The molecule has 0 unspecified atom stereocenters. The first-order valence-electron chi connectivity index (χ1n) is 12.0. The Morgan fingerprint density at radius 3 is 2.69 bits per heavy atom. The Kier molecular flexibility index (Phi) is 7.13. The summed E-state index contributed by atoms with van der Waals surface area (Å²) < 4.78 is 6.44. The molecule has 1 saturated heterocycles. The van der Waals surface area contributed by atoms with Gasteiger partial charge in [-0.05, 0) is 76.5 Å². The molecule has 1 N–H and O–H groups in total. The average molecular weight is 524 g/mol. The molecule has 0 saturated carbocycles. The van der Waals surface area contributed by atoms with Crippen molar-refractivity contribution in [3.05, 3.63) is 46.5 Å². The number of rotatable bonds is 7. The molecule has 1 aliphatic heterocycles. The Balaban J connectivity index is 1.39. The molecule has 0 amide bonds. The zero-order valence-electron chi connectivity index (χ0n) is 20.8. The Morgan fingerprint density at radius 2 is 1.97 bits per heavy atom. The summed E-state index contributed by atoms with van der Waals surface area (Å²) in [6, 6.07) is 9.98. The number of aromatic nitrogens is 4. The van der Waals surface area contributed by atoms with Crippen LogP contribution in [-0.4, -0.2) is 64.8 Å². The molecule has 0 atom stereocenters. The molecule has 3 aromatic heterocycles. The number of benzene rings is 1. The van der Waals surface area contributed by atoms with Crippen molar-refractivity contribution in [1.82, 2.24) is 25.1 Å². The van der Waals surface area contributed by atoms with E-state index in [-0.39, 0.29) is 5.97 Å². The van der Waals surface area contributed by atoms with Crippen LogP contribution in [0, 0.1) is 6.92 Å². The first kappa shape index (κ1) is 24.5. The van der Waals surface area contributed by atoms with E-state index in [1.165, 1.54) is 0 Å². The van der Waals surface area contributed by atoms with Crippen LogP contribution in [-0.2, 0) is 4.74 Å². The van der Waals surface area contributed by atoms with Gasteiger partial charge in [0.1, 0.15) is 0 Å². The molecular formula is C25H29N7O2S2. The maximum atomic E-state index is 12.7. The Hall–Kier alpha value is -3.15. The van der Waals surface area contributed by atoms with Gasteiger partial charge in [0.25, 0.3) is 0 Å². The predicted octanol–water partition coefficient (Wildman–Crippen LogP) is 5.35. The van der Waals surface area contributed by atoms with Gasteiger partial charge in [-0.25, -0.2) is 14.8 Å². The first-order valence-corrected chi connectivity index (χ1v) is 13.6. The summed E-state index contributed by atoms with van der Waals surface area (Å²) in [5, 5.41) is 13.6. The second kappa shape index (κ2) is 10.5. The van der Waals surface area contributed by atoms with Gasteiger partial charge in [0.05, 0.1) is 16.8 Å². The third-order valence-corrected chi connectivity index (χ3v) is 8.57. The summed E-state index contributed by atoms with van der Waals surface area (Å²) in [6.07, 6.45) is 2.00. The van der Waals surface area contributed by atoms with E-state index >= 15 is 0 Å². The number of carbonyl (C=O) groups excluding carboxylic acids is 1. The number of hydrogen-bond donors (Lipinski definition) is 1. The maximum Gasteiger partial charge on any atom is 0.358 e. The molecule has 9 nitrogen and oxygen atoms in total. The van der Waals surface area contributed by atoms with Gasteiger partial charge in [-0.1, -0.05) is 23.5 Å². The number of nitrogens with one attached hydrogen (secondary N) is 1. The molecule has 4 aromatic rings. The first-order chi connectivity index (χ1) is 17.4. The van der Waals surface area contributed by atoms with Crippen LogP contribution in [0.3, 0.4) is 0 Å². The quantitative estimate of drug-likeness (QED) is 0.322. The van der Waals surface area contributed by atoms with Crippen molar-refractivity contribution in [2.45, 2.75) is 32.6 Å². The van der Waals surface area contributed by atoms with Crippen LogP contribution in [0.1, 0.15) is 46.6 Å². The van der Waals surface area contributed by atoms with Crippen molar-refractivity contribution in [1.29, 1.82) is 0 Å². The van der Waals surface area contributed by atoms with Crippen LogP contribution < -0.4 is 10.2 Å². The van der Waals surface area contributed by atoms with E-state index < -0.39 is 0 Å². The Morgan fingerprint density at radius 1 is 1.19 bits per heavy atom. The summed E-state index contributed by atoms with van der Waals surface area (Å²) >= 11 is 3.12. The van der Waals surface area contributed by atoms with Crippen LogP contribution >= 0.6 is 22.7 Å². The predicted molar refractivity (Wildman–Crippen MR) is 145 cm³/mol. The lowest BCUT2D eigenvalue weighted by Gasteiger charge is -2.28. The highest BCUT2D eigenvalue weighted by atomic mass is 32.1. The van der Waals surface area contributed by atoms with Gasteiger partial charge >= 0.3 is 5.97 Å². The van der Waals surface area contributed by atoms with Gasteiger partial charge in [-0.2, -0.15) is 0 Å². The van der Waals surface area contributed by atoms with E-state index in [0.717, 1.165) is 51.7 Å². The van der Waals surface area contributed by atoms with Crippen molar-refractivity contribution >= 4 is 60.8 Å². The molecule has 1 aromatic carbocycles. The van der Waals surface area contributed by atoms with Crippen LogP contribution in [0.15, 0.2) is 30.3 Å². The lowest BCUT2D eigenvalue weighted by atomic mass is 9.94. The minimum absolute atomic E-state index is 0.300. The number of fused-ring (bicyclic) bond motifs is 1. The van der Waals surface area contributed by atoms with Crippen LogP contribution in [0.2, 0.25) is 0 Å². The molecule has 36 heavy (non-hydrogen) atoms. The van der Waals surface area contributed by atoms with Gasteiger partial charge in [-0.3, -0.25) is 0 Å². The van der Waals surface area contributed by atoms with Gasteiger partial charge < -0.3 is 19.9 Å². The fraction of sp³-hybridized carbons (Fsp3) is 0.400. The molecule has 4 heterocycles. The summed E-state index contributed by atoms with van der Waals surface area (Å²) in [6.45, 7) is 6.13. The molecule has 1 aliphatic rings. The van der Waals surface area contributed by atoms with Gasteiger partial charge in [-0.15, -0.1) is 21.5 Å². The van der Waals surface area contributed by atoms with Crippen LogP contribution in [0.4, 0.5) is 21.9 Å². The van der Waals surface area contributed by atoms with Crippen LogP contribution in [0.25, 0.3) is 10.2 Å². The summed E-state index contributed by atoms with van der Waals surface area (Å²) in [5.41, 5.74) is 2.31. The third kappa shape index (κ3) is 5.04. The molecule has 0 radical (unpaired) electrons. The van der Waals surface area contributed by atoms with Crippen molar-refractivity contribution < 1.29 is 9.53 Å². The number of hydrogen-bond acceptors (Lipinski definition) is 11. The topological polar surface area (TPSA) is 96.4 Å². The van der Waals surface area contributed by atoms with E-state index in [2.05, 4.69) is 32.4 Å².